The van der Waals surface area contributed by atoms with Crippen LogP contribution in [-0.4, -0.2) is 38.2 Å². The first-order valence-corrected chi connectivity index (χ1v) is 7.93. The topological polar surface area (TPSA) is 24.5 Å². The zero-order valence-corrected chi connectivity index (χ0v) is 12.9. The van der Waals surface area contributed by atoms with E-state index < -0.39 is 0 Å². The van der Waals surface area contributed by atoms with Crippen LogP contribution in [0.3, 0.4) is 0 Å². The first-order valence-electron chi connectivity index (χ1n) is 7.56. The van der Waals surface area contributed by atoms with Crippen LogP contribution in [0.4, 0.5) is 0 Å². The normalized spacial score (nSPS) is 19.1. The van der Waals surface area contributed by atoms with Gasteiger partial charge in [0.1, 0.15) is 5.75 Å². The highest BCUT2D eigenvalue weighted by Gasteiger charge is 2.20. The summed E-state index contributed by atoms with van der Waals surface area (Å²) < 4.78 is 5.78. The summed E-state index contributed by atoms with van der Waals surface area (Å²) in [5.41, 5.74) is 2.50. The molecule has 1 N–H and O–H groups in total. The van der Waals surface area contributed by atoms with Crippen LogP contribution in [0.15, 0.2) is 12.1 Å². The highest BCUT2D eigenvalue weighted by atomic mass is 35.5. The number of piperidine rings is 1. The summed E-state index contributed by atoms with van der Waals surface area (Å²) >= 11 is 6.22. The molecule has 0 aliphatic carbocycles. The molecule has 0 saturated carbocycles. The van der Waals surface area contributed by atoms with E-state index >= 15 is 0 Å². The summed E-state index contributed by atoms with van der Waals surface area (Å²) in [6, 6.07) is 4.10. The van der Waals surface area contributed by atoms with Crippen LogP contribution in [0, 0.1) is 5.92 Å². The highest BCUT2D eigenvalue weighted by molar-refractivity contribution is 6.30. The lowest BCUT2D eigenvalue weighted by Crippen LogP contribution is -2.34. The summed E-state index contributed by atoms with van der Waals surface area (Å²) in [6.07, 6.45) is 3.56. The Morgan fingerprint density at radius 2 is 2.15 bits per heavy atom. The third-order valence-electron chi connectivity index (χ3n) is 4.29. The first kappa shape index (κ1) is 14.2. The van der Waals surface area contributed by atoms with Gasteiger partial charge in [0.25, 0.3) is 0 Å². The molecule has 2 aliphatic rings. The van der Waals surface area contributed by atoms with Crippen LogP contribution in [-0.2, 0) is 13.0 Å². The SMILES string of the molecule is CN(Cc1cc(Cl)cc2c1OCC2)CC1CCNCC1. The van der Waals surface area contributed by atoms with Crippen molar-refractivity contribution in [2.24, 2.45) is 5.92 Å². The Morgan fingerprint density at radius 1 is 1.35 bits per heavy atom. The molecule has 1 aromatic rings. The minimum absolute atomic E-state index is 0.792. The number of nitrogens with zero attached hydrogens (tertiary/aromatic N) is 1. The molecule has 1 aromatic carbocycles. The van der Waals surface area contributed by atoms with Crippen LogP contribution in [0.25, 0.3) is 0 Å². The van der Waals surface area contributed by atoms with Crippen molar-refractivity contribution < 1.29 is 4.74 Å². The quantitative estimate of drug-likeness (QED) is 0.924. The molecule has 110 valence electrons. The Kier molecular flexibility index (Phi) is 4.49. The van der Waals surface area contributed by atoms with E-state index in [1.807, 2.05) is 6.07 Å². The van der Waals surface area contributed by atoms with Gasteiger partial charge < -0.3 is 15.0 Å². The minimum atomic E-state index is 0.792. The lowest BCUT2D eigenvalue weighted by molar-refractivity contribution is 0.231. The highest BCUT2D eigenvalue weighted by Crippen LogP contribution is 2.33. The van der Waals surface area contributed by atoms with Crippen LogP contribution in [0.5, 0.6) is 5.75 Å². The summed E-state index contributed by atoms with van der Waals surface area (Å²) in [6.45, 7) is 5.19. The Balaban J connectivity index is 1.65. The van der Waals surface area contributed by atoms with Crippen molar-refractivity contribution in [2.75, 3.05) is 33.3 Å². The van der Waals surface area contributed by atoms with Gasteiger partial charge in [-0.15, -0.1) is 0 Å². The average Bonchev–Trinajstić information content (AvgIpc) is 2.88. The van der Waals surface area contributed by atoms with E-state index in [0.29, 0.717) is 0 Å². The molecule has 1 saturated heterocycles. The van der Waals surface area contributed by atoms with Gasteiger partial charge in [0.15, 0.2) is 0 Å². The Labute approximate surface area is 126 Å². The summed E-state index contributed by atoms with van der Waals surface area (Å²) in [4.78, 5) is 2.41. The number of benzene rings is 1. The number of rotatable bonds is 4. The van der Waals surface area contributed by atoms with Gasteiger partial charge in [-0.3, -0.25) is 0 Å². The van der Waals surface area contributed by atoms with Crippen LogP contribution < -0.4 is 10.1 Å². The van der Waals surface area contributed by atoms with Crippen molar-refractivity contribution >= 4 is 11.6 Å². The fourth-order valence-electron chi connectivity index (χ4n) is 3.32. The summed E-state index contributed by atoms with van der Waals surface area (Å²) in [7, 11) is 2.20. The maximum atomic E-state index is 6.22. The second kappa shape index (κ2) is 6.33. The van der Waals surface area contributed by atoms with E-state index in [0.717, 1.165) is 55.9 Å². The van der Waals surface area contributed by atoms with Crippen LogP contribution in [0.1, 0.15) is 24.0 Å². The molecule has 0 unspecified atom stereocenters. The summed E-state index contributed by atoms with van der Waals surface area (Å²) in [5.74, 6) is 1.89. The van der Waals surface area contributed by atoms with Gasteiger partial charge in [0.2, 0.25) is 0 Å². The fourth-order valence-corrected chi connectivity index (χ4v) is 3.59. The lowest BCUT2D eigenvalue weighted by atomic mass is 9.97. The molecule has 0 spiro atoms. The Hall–Kier alpha value is -0.770. The third kappa shape index (κ3) is 3.27. The molecule has 0 atom stereocenters. The molecule has 2 heterocycles. The number of ether oxygens (including phenoxy) is 1. The minimum Gasteiger partial charge on any atom is -0.493 e. The second-order valence-corrected chi connectivity index (χ2v) is 6.48. The zero-order valence-electron chi connectivity index (χ0n) is 12.1. The molecule has 1 fully saturated rings. The number of halogens is 1. The summed E-state index contributed by atoms with van der Waals surface area (Å²) in [5, 5.41) is 4.26. The molecule has 4 heteroatoms. The Morgan fingerprint density at radius 3 is 2.95 bits per heavy atom. The van der Waals surface area contributed by atoms with E-state index in [1.165, 1.54) is 24.0 Å². The fraction of sp³-hybridized carbons (Fsp3) is 0.625. The first-order chi connectivity index (χ1) is 9.72. The standard InChI is InChI=1S/C16H23ClN2O/c1-19(10-12-2-5-18-6-3-12)11-14-9-15(17)8-13-4-7-20-16(13)14/h8-9,12,18H,2-7,10-11H2,1H3. The molecule has 3 nitrogen and oxygen atoms in total. The molecule has 3 rings (SSSR count). The molecule has 0 radical (unpaired) electrons. The largest absolute Gasteiger partial charge is 0.493 e. The van der Waals surface area contributed by atoms with Crippen molar-refractivity contribution in [1.82, 2.24) is 10.2 Å². The van der Waals surface area contributed by atoms with Crippen molar-refractivity contribution in [3.05, 3.63) is 28.3 Å². The van der Waals surface area contributed by atoms with E-state index in [1.54, 1.807) is 0 Å². The predicted molar refractivity (Wildman–Crippen MR) is 82.6 cm³/mol. The van der Waals surface area contributed by atoms with Gasteiger partial charge in [0, 0.05) is 30.1 Å². The zero-order chi connectivity index (χ0) is 13.9. The molecular weight excluding hydrogens is 272 g/mol. The maximum Gasteiger partial charge on any atom is 0.127 e. The van der Waals surface area contributed by atoms with E-state index in [-0.39, 0.29) is 0 Å². The van der Waals surface area contributed by atoms with E-state index in [9.17, 15) is 0 Å². The van der Waals surface area contributed by atoms with Crippen LogP contribution in [0.2, 0.25) is 5.02 Å². The molecule has 0 amide bonds. The number of hydrogen-bond acceptors (Lipinski definition) is 3. The lowest BCUT2D eigenvalue weighted by Gasteiger charge is -2.27. The van der Waals surface area contributed by atoms with Crippen molar-refractivity contribution in [1.29, 1.82) is 0 Å². The van der Waals surface area contributed by atoms with Crippen molar-refractivity contribution in [3.8, 4) is 5.75 Å². The average molecular weight is 295 g/mol. The van der Waals surface area contributed by atoms with Gasteiger partial charge in [-0.25, -0.2) is 0 Å². The van der Waals surface area contributed by atoms with Crippen molar-refractivity contribution in [2.45, 2.75) is 25.8 Å². The van der Waals surface area contributed by atoms with Gasteiger partial charge in [-0.2, -0.15) is 0 Å². The van der Waals surface area contributed by atoms with Gasteiger partial charge in [-0.05, 0) is 56.6 Å². The predicted octanol–water partition coefficient (Wildman–Crippen LogP) is 2.71. The van der Waals surface area contributed by atoms with Gasteiger partial charge in [0.05, 0.1) is 6.61 Å². The molecule has 2 aliphatic heterocycles. The van der Waals surface area contributed by atoms with Crippen molar-refractivity contribution in [3.63, 3.8) is 0 Å². The molecule has 0 aromatic heterocycles. The monoisotopic (exact) mass is 294 g/mol. The Bertz CT molecular complexity index is 472. The number of hydrogen-bond donors (Lipinski definition) is 1. The molecule has 20 heavy (non-hydrogen) atoms. The van der Waals surface area contributed by atoms with Gasteiger partial charge >= 0.3 is 0 Å². The second-order valence-electron chi connectivity index (χ2n) is 6.04. The number of nitrogens with one attached hydrogen (secondary N) is 1. The smallest absolute Gasteiger partial charge is 0.127 e. The van der Waals surface area contributed by atoms with E-state index in [4.69, 9.17) is 16.3 Å². The van der Waals surface area contributed by atoms with Crippen LogP contribution >= 0.6 is 11.6 Å². The third-order valence-corrected chi connectivity index (χ3v) is 4.51. The number of fused-ring (bicyclic) bond motifs is 1. The van der Waals surface area contributed by atoms with Gasteiger partial charge in [-0.1, -0.05) is 11.6 Å². The maximum absolute atomic E-state index is 6.22. The molecular formula is C16H23ClN2O. The molecule has 0 bridgehead atoms. The van der Waals surface area contributed by atoms with E-state index in [2.05, 4.69) is 23.3 Å².